The van der Waals surface area contributed by atoms with Crippen molar-refractivity contribution in [1.82, 2.24) is 9.38 Å². The van der Waals surface area contributed by atoms with Gasteiger partial charge in [0, 0.05) is 36.2 Å². The molecule has 36 heavy (non-hydrogen) atoms. The minimum atomic E-state index is -4.34. The molecule has 0 unspecified atom stereocenters. The fourth-order valence-corrected chi connectivity index (χ4v) is 3.81. The second-order valence-electron chi connectivity index (χ2n) is 8.24. The molecule has 0 radical (unpaired) electrons. The first kappa shape index (κ1) is 25.0. The molecule has 0 spiro atoms. The third-order valence-corrected chi connectivity index (χ3v) is 5.60. The number of halogens is 4. The molecule has 4 rings (SSSR count). The van der Waals surface area contributed by atoms with E-state index in [1.54, 1.807) is 35.9 Å². The van der Waals surface area contributed by atoms with E-state index in [2.05, 4.69) is 10.3 Å². The van der Waals surface area contributed by atoms with Crippen LogP contribution in [0, 0.1) is 12.7 Å². The van der Waals surface area contributed by atoms with Crippen molar-refractivity contribution in [1.29, 1.82) is 0 Å². The Kier molecular flexibility index (Phi) is 6.87. The Morgan fingerprint density at radius 2 is 1.92 bits per heavy atom. The Labute approximate surface area is 204 Å². The van der Waals surface area contributed by atoms with Crippen molar-refractivity contribution in [3.8, 4) is 28.5 Å². The summed E-state index contributed by atoms with van der Waals surface area (Å²) in [6.07, 6.45) is -1.85. The fraction of sp³-hybridized carbons (Fsp3) is 0.231. The molecule has 0 atom stereocenters. The highest BCUT2D eigenvalue weighted by Crippen LogP contribution is 2.33. The number of hydrogen-bond donors (Lipinski definition) is 2. The average Bonchev–Trinajstić information content (AvgIpc) is 3.24. The van der Waals surface area contributed by atoms with Crippen LogP contribution in [0.1, 0.15) is 35.7 Å². The second kappa shape index (κ2) is 9.88. The molecule has 0 amide bonds. The number of nitrogens with one attached hydrogen (secondary N) is 1. The van der Waals surface area contributed by atoms with Crippen LogP contribution in [0.4, 0.5) is 23.2 Å². The first-order valence-electron chi connectivity index (χ1n) is 11.2. The Hall–Kier alpha value is -4.08. The monoisotopic (exact) mass is 501 g/mol. The zero-order valence-corrected chi connectivity index (χ0v) is 19.5. The number of rotatable bonds is 8. The highest BCUT2D eigenvalue weighted by atomic mass is 19.4. The van der Waals surface area contributed by atoms with Gasteiger partial charge in [-0.25, -0.2) is 9.37 Å². The number of pyridine rings is 1. The van der Waals surface area contributed by atoms with Gasteiger partial charge in [0.2, 0.25) is 0 Å². The van der Waals surface area contributed by atoms with Crippen LogP contribution in [0.25, 0.3) is 16.9 Å². The number of carbonyl (C=O) groups excluding carboxylic acids is 1. The highest BCUT2D eigenvalue weighted by Gasteiger charge is 2.26. The van der Waals surface area contributed by atoms with Gasteiger partial charge in [-0.3, -0.25) is 9.20 Å². The molecular weight excluding hydrogens is 478 g/mol. The van der Waals surface area contributed by atoms with Gasteiger partial charge >= 0.3 is 6.18 Å². The molecule has 10 heteroatoms. The normalized spacial score (nSPS) is 11.6. The first-order chi connectivity index (χ1) is 17.1. The minimum absolute atomic E-state index is 0.0187. The van der Waals surface area contributed by atoms with Gasteiger partial charge in [0.05, 0.1) is 30.2 Å². The number of carbonyl (C=O) groups is 1. The number of ketones is 1. The number of ether oxygens (including phenoxy) is 1. The highest BCUT2D eigenvalue weighted by molar-refractivity contribution is 5.97. The number of aryl methyl sites for hydroxylation is 1. The van der Waals surface area contributed by atoms with Gasteiger partial charge in [-0.1, -0.05) is 19.1 Å². The Morgan fingerprint density at radius 1 is 1.14 bits per heavy atom. The lowest BCUT2D eigenvalue weighted by atomic mass is 9.99. The number of Topliss-reactive ketones (excluding diaryl/α,β-unsaturated/α-hetero) is 1. The third-order valence-electron chi connectivity index (χ3n) is 5.60. The van der Waals surface area contributed by atoms with Crippen LogP contribution in [0.5, 0.6) is 17.2 Å². The van der Waals surface area contributed by atoms with Crippen molar-refractivity contribution in [3.05, 3.63) is 71.8 Å². The molecule has 2 heterocycles. The number of benzene rings is 2. The van der Waals surface area contributed by atoms with Crippen LogP contribution in [0.3, 0.4) is 0 Å². The molecule has 188 valence electrons. The summed E-state index contributed by atoms with van der Waals surface area (Å²) in [4.78, 5) is 16.5. The maximum Gasteiger partial charge on any atom is 0.390 e. The van der Waals surface area contributed by atoms with Crippen molar-refractivity contribution in [2.45, 2.75) is 32.9 Å². The number of hydrogen-bond acceptors (Lipinski definition) is 5. The van der Waals surface area contributed by atoms with Gasteiger partial charge < -0.3 is 15.2 Å². The van der Waals surface area contributed by atoms with E-state index >= 15 is 0 Å². The third kappa shape index (κ3) is 5.42. The van der Waals surface area contributed by atoms with Gasteiger partial charge in [0.25, 0.3) is 0 Å². The lowest BCUT2D eigenvalue weighted by molar-refractivity contribution is -0.131. The molecule has 0 fully saturated rings. The molecule has 0 saturated heterocycles. The molecule has 2 aromatic heterocycles. The number of fused-ring (bicyclic) bond motifs is 1. The topological polar surface area (TPSA) is 75.9 Å². The van der Waals surface area contributed by atoms with Crippen LogP contribution >= 0.6 is 0 Å². The van der Waals surface area contributed by atoms with E-state index in [1.165, 1.54) is 12.1 Å². The van der Waals surface area contributed by atoms with Crippen LogP contribution in [-0.2, 0) is 0 Å². The van der Waals surface area contributed by atoms with Crippen LogP contribution in [0.2, 0.25) is 0 Å². The Morgan fingerprint density at radius 3 is 2.58 bits per heavy atom. The molecule has 0 aliphatic carbocycles. The van der Waals surface area contributed by atoms with E-state index in [0.717, 1.165) is 23.3 Å². The summed E-state index contributed by atoms with van der Waals surface area (Å²) in [6.45, 7) is 3.23. The molecule has 4 aromatic rings. The lowest BCUT2D eigenvalue weighted by Crippen LogP contribution is -2.15. The number of phenols is 1. The van der Waals surface area contributed by atoms with E-state index in [9.17, 15) is 27.5 Å². The van der Waals surface area contributed by atoms with Gasteiger partial charge in [0.1, 0.15) is 11.5 Å². The number of anilines is 1. The van der Waals surface area contributed by atoms with E-state index in [4.69, 9.17) is 4.74 Å². The van der Waals surface area contributed by atoms with Crippen molar-refractivity contribution in [2.75, 3.05) is 11.9 Å². The van der Waals surface area contributed by atoms with Crippen LogP contribution in [-0.4, -0.2) is 33.0 Å². The number of aromatic nitrogens is 2. The van der Waals surface area contributed by atoms with Crippen molar-refractivity contribution < 1.29 is 32.2 Å². The van der Waals surface area contributed by atoms with Crippen LogP contribution in [0.15, 0.2) is 54.9 Å². The van der Waals surface area contributed by atoms with E-state index in [-0.39, 0.29) is 29.5 Å². The molecule has 6 nitrogen and oxygen atoms in total. The maximum absolute atomic E-state index is 13.8. The summed E-state index contributed by atoms with van der Waals surface area (Å²) in [5.74, 6) is -1.10. The summed E-state index contributed by atoms with van der Waals surface area (Å²) in [5, 5.41) is 12.2. The van der Waals surface area contributed by atoms with Crippen molar-refractivity contribution in [2.24, 2.45) is 0 Å². The SMILES string of the molecule is CCC(=O)c1ccc(-c2cnc3c(NCCC(F)(F)F)cc(Oc4ccc(O)c(F)c4)cn23)cc1C. The van der Waals surface area contributed by atoms with Gasteiger partial charge in [-0.15, -0.1) is 0 Å². The summed E-state index contributed by atoms with van der Waals surface area (Å²) in [6, 6.07) is 10.3. The van der Waals surface area contributed by atoms with Gasteiger partial charge in [0.15, 0.2) is 23.0 Å². The number of aromatic hydroxyl groups is 1. The smallest absolute Gasteiger partial charge is 0.390 e. The second-order valence-corrected chi connectivity index (χ2v) is 8.24. The molecule has 0 aliphatic rings. The number of phenolic OH excluding ortho intramolecular Hbond substituents is 1. The summed E-state index contributed by atoms with van der Waals surface area (Å²) in [7, 11) is 0. The fourth-order valence-electron chi connectivity index (χ4n) is 3.81. The zero-order valence-electron chi connectivity index (χ0n) is 19.5. The molecule has 0 aliphatic heterocycles. The standard InChI is InChI=1S/C26H23F4N3O3/c1-3-23(34)19-6-4-16(10-15(19)2)22-13-32-25-21(31-9-8-26(28,29)30)12-18(14-33(22)25)36-17-5-7-24(35)20(27)11-17/h4-7,10-14,31,35H,3,8-9H2,1-2H3. The zero-order chi connectivity index (χ0) is 26.0. The van der Waals surface area contributed by atoms with Crippen LogP contribution < -0.4 is 10.1 Å². The van der Waals surface area contributed by atoms with Gasteiger partial charge in [-0.2, -0.15) is 13.2 Å². The minimum Gasteiger partial charge on any atom is -0.505 e. The Bertz CT molecular complexity index is 1430. The summed E-state index contributed by atoms with van der Waals surface area (Å²) in [5.41, 5.74) is 3.40. The maximum atomic E-state index is 13.8. The largest absolute Gasteiger partial charge is 0.505 e. The average molecular weight is 501 g/mol. The predicted molar refractivity (Wildman–Crippen MR) is 127 cm³/mol. The van der Waals surface area contributed by atoms with E-state index in [1.807, 2.05) is 13.0 Å². The lowest BCUT2D eigenvalue weighted by Gasteiger charge is -2.14. The summed E-state index contributed by atoms with van der Waals surface area (Å²) < 4.78 is 59.4. The summed E-state index contributed by atoms with van der Waals surface area (Å²) >= 11 is 0. The predicted octanol–water partition coefficient (Wildman–Crippen LogP) is 6.90. The number of alkyl halides is 3. The van der Waals surface area contributed by atoms with Gasteiger partial charge in [-0.05, 0) is 30.7 Å². The molecule has 0 saturated carbocycles. The molecule has 0 bridgehead atoms. The quantitative estimate of drug-likeness (QED) is 0.203. The van der Waals surface area contributed by atoms with Crippen molar-refractivity contribution >= 4 is 17.1 Å². The molecular formula is C26H23F4N3O3. The number of nitrogens with zero attached hydrogens (tertiary/aromatic N) is 2. The Balaban J connectivity index is 1.77. The van der Waals surface area contributed by atoms with E-state index in [0.29, 0.717) is 23.3 Å². The molecule has 2 aromatic carbocycles. The van der Waals surface area contributed by atoms with Crippen molar-refractivity contribution in [3.63, 3.8) is 0 Å². The van der Waals surface area contributed by atoms with E-state index < -0.39 is 24.2 Å². The number of imidazole rings is 1. The molecule has 2 N–H and O–H groups in total. The first-order valence-corrected chi connectivity index (χ1v) is 11.2.